The van der Waals surface area contributed by atoms with Gasteiger partial charge in [0.2, 0.25) is 0 Å². The Kier molecular flexibility index (Phi) is 6.75. The summed E-state index contributed by atoms with van der Waals surface area (Å²) in [6.45, 7) is 2.32. The van der Waals surface area contributed by atoms with Crippen LogP contribution in [-0.4, -0.2) is 30.1 Å². The van der Waals surface area contributed by atoms with Crippen molar-refractivity contribution in [1.29, 1.82) is 0 Å². The van der Waals surface area contributed by atoms with Gasteiger partial charge in [-0.1, -0.05) is 6.07 Å². The van der Waals surface area contributed by atoms with Crippen LogP contribution in [0.4, 0.5) is 5.69 Å². The van der Waals surface area contributed by atoms with Crippen LogP contribution in [0.3, 0.4) is 0 Å². The fourth-order valence-corrected chi connectivity index (χ4v) is 2.87. The van der Waals surface area contributed by atoms with Crippen molar-refractivity contribution < 1.29 is 19.1 Å². The van der Waals surface area contributed by atoms with Crippen molar-refractivity contribution in [2.45, 2.75) is 13.5 Å². The number of methoxy groups -OCH3 is 1. The average molecular weight is 407 g/mol. The van der Waals surface area contributed by atoms with Crippen molar-refractivity contribution in [2.24, 2.45) is 7.05 Å². The predicted octanol–water partition coefficient (Wildman–Crippen LogP) is 3.29. The maximum Gasteiger partial charge on any atom is 0.262 e. The second kappa shape index (κ2) is 9.65. The Bertz CT molecular complexity index is 1030. The first-order chi connectivity index (χ1) is 14.5. The van der Waals surface area contributed by atoms with Crippen molar-refractivity contribution in [3.05, 3.63) is 77.6 Å². The summed E-state index contributed by atoms with van der Waals surface area (Å²) in [5.74, 6) is 0.703. The zero-order valence-corrected chi connectivity index (χ0v) is 17.3. The summed E-state index contributed by atoms with van der Waals surface area (Å²) < 4.78 is 12.7. The van der Waals surface area contributed by atoms with Gasteiger partial charge in [-0.25, -0.2) is 0 Å². The van der Waals surface area contributed by atoms with Gasteiger partial charge in [-0.05, 0) is 55.5 Å². The molecule has 0 bridgehead atoms. The van der Waals surface area contributed by atoms with E-state index in [2.05, 4.69) is 10.6 Å². The molecule has 3 aromatic rings. The molecule has 1 aromatic heterocycles. The maximum absolute atomic E-state index is 12.3. The van der Waals surface area contributed by atoms with Crippen molar-refractivity contribution in [2.75, 3.05) is 19.0 Å². The maximum atomic E-state index is 12.3. The van der Waals surface area contributed by atoms with E-state index in [1.165, 1.54) is 0 Å². The molecule has 2 N–H and O–H groups in total. The van der Waals surface area contributed by atoms with Gasteiger partial charge in [-0.15, -0.1) is 0 Å². The third-order valence-corrected chi connectivity index (χ3v) is 4.75. The van der Waals surface area contributed by atoms with Gasteiger partial charge in [0.1, 0.15) is 11.5 Å². The summed E-state index contributed by atoms with van der Waals surface area (Å²) >= 11 is 0. The standard InChI is InChI=1S/C23H25N3O4/c1-16-7-10-19(26(16)2)14-24-23(28)17-8-11-20(12-9-17)30-15-22(27)25-18-5-4-6-21(13-18)29-3/h4-13H,14-15H2,1-3H3,(H,24,28)(H,25,27). The molecule has 7 heteroatoms. The van der Waals surface area contributed by atoms with E-state index in [1.54, 1.807) is 55.6 Å². The number of aromatic nitrogens is 1. The summed E-state index contributed by atoms with van der Waals surface area (Å²) in [6.07, 6.45) is 0. The van der Waals surface area contributed by atoms with Crippen LogP contribution in [0.2, 0.25) is 0 Å². The monoisotopic (exact) mass is 407 g/mol. The number of nitrogens with zero attached hydrogens (tertiary/aromatic N) is 1. The molecular weight excluding hydrogens is 382 g/mol. The van der Waals surface area contributed by atoms with Crippen molar-refractivity contribution in [1.82, 2.24) is 9.88 Å². The molecule has 156 valence electrons. The highest BCUT2D eigenvalue weighted by molar-refractivity contribution is 5.94. The van der Waals surface area contributed by atoms with E-state index in [4.69, 9.17) is 9.47 Å². The van der Waals surface area contributed by atoms with Gasteiger partial charge < -0.3 is 24.7 Å². The molecular formula is C23H25N3O4. The van der Waals surface area contributed by atoms with E-state index < -0.39 is 0 Å². The number of carbonyl (C=O) groups is 2. The molecule has 2 amide bonds. The van der Waals surface area contributed by atoms with Gasteiger partial charge in [-0.2, -0.15) is 0 Å². The lowest BCUT2D eigenvalue weighted by atomic mass is 10.2. The summed E-state index contributed by atoms with van der Waals surface area (Å²) in [5.41, 5.74) is 3.32. The molecule has 0 aliphatic rings. The predicted molar refractivity (Wildman–Crippen MR) is 115 cm³/mol. The fourth-order valence-electron chi connectivity index (χ4n) is 2.87. The first-order valence-corrected chi connectivity index (χ1v) is 9.52. The molecule has 2 aromatic carbocycles. The highest BCUT2D eigenvalue weighted by Gasteiger charge is 2.09. The molecule has 0 saturated carbocycles. The Morgan fingerprint density at radius 1 is 1.00 bits per heavy atom. The number of rotatable bonds is 8. The van der Waals surface area contributed by atoms with Crippen LogP contribution in [0.5, 0.6) is 11.5 Å². The van der Waals surface area contributed by atoms with E-state index in [0.29, 0.717) is 29.3 Å². The normalized spacial score (nSPS) is 10.4. The number of ether oxygens (including phenoxy) is 2. The number of nitrogens with one attached hydrogen (secondary N) is 2. The van der Waals surface area contributed by atoms with Crippen molar-refractivity contribution in [3.8, 4) is 11.5 Å². The number of hydrogen-bond acceptors (Lipinski definition) is 4. The second-order valence-electron chi connectivity index (χ2n) is 6.80. The molecule has 0 aliphatic carbocycles. The molecule has 1 heterocycles. The fraction of sp³-hybridized carbons (Fsp3) is 0.217. The van der Waals surface area contributed by atoms with E-state index in [1.807, 2.05) is 30.7 Å². The number of anilines is 1. The van der Waals surface area contributed by atoms with E-state index in [0.717, 1.165) is 11.4 Å². The molecule has 0 aliphatic heterocycles. The van der Waals surface area contributed by atoms with Gasteiger partial charge in [-0.3, -0.25) is 9.59 Å². The average Bonchev–Trinajstić information content (AvgIpc) is 3.08. The minimum absolute atomic E-state index is 0.143. The lowest BCUT2D eigenvalue weighted by Crippen LogP contribution is -2.24. The zero-order valence-electron chi connectivity index (χ0n) is 17.3. The second-order valence-corrected chi connectivity index (χ2v) is 6.80. The lowest BCUT2D eigenvalue weighted by molar-refractivity contribution is -0.118. The largest absolute Gasteiger partial charge is 0.497 e. The van der Waals surface area contributed by atoms with Crippen LogP contribution >= 0.6 is 0 Å². The minimum Gasteiger partial charge on any atom is -0.497 e. The number of benzene rings is 2. The molecule has 30 heavy (non-hydrogen) atoms. The number of hydrogen-bond donors (Lipinski definition) is 2. The highest BCUT2D eigenvalue weighted by atomic mass is 16.5. The van der Waals surface area contributed by atoms with Gasteiger partial charge in [0.05, 0.1) is 13.7 Å². The Balaban J connectivity index is 1.48. The number of amides is 2. The summed E-state index contributed by atoms with van der Waals surface area (Å²) in [6, 6.07) is 17.7. The molecule has 7 nitrogen and oxygen atoms in total. The van der Waals surface area contributed by atoms with Gasteiger partial charge >= 0.3 is 0 Å². The molecule has 0 saturated heterocycles. The van der Waals surface area contributed by atoms with Gasteiger partial charge in [0.25, 0.3) is 11.8 Å². The summed E-state index contributed by atoms with van der Waals surface area (Å²) in [7, 11) is 3.53. The van der Waals surface area contributed by atoms with Crippen LogP contribution in [0.15, 0.2) is 60.7 Å². The molecule has 0 radical (unpaired) electrons. The van der Waals surface area contributed by atoms with Gasteiger partial charge in [0, 0.05) is 35.8 Å². The first-order valence-electron chi connectivity index (χ1n) is 9.52. The third-order valence-electron chi connectivity index (χ3n) is 4.75. The van der Waals surface area contributed by atoms with Crippen LogP contribution < -0.4 is 20.1 Å². The summed E-state index contributed by atoms with van der Waals surface area (Å²) in [5, 5.41) is 5.65. The SMILES string of the molecule is COc1cccc(NC(=O)COc2ccc(C(=O)NCc3ccc(C)n3C)cc2)c1. The number of carbonyl (C=O) groups excluding carboxylic acids is 2. The van der Waals surface area contributed by atoms with Crippen molar-refractivity contribution >= 4 is 17.5 Å². The molecule has 0 spiro atoms. The van der Waals surface area contributed by atoms with Crippen LogP contribution in [0.25, 0.3) is 0 Å². The molecule has 3 rings (SSSR count). The Labute approximate surface area is 175 Å². The van der Waals surface area contributed by atoms with Crippen LogP contribution in [0, 0.1) is 6.92 Å². The Morgan fingerprint density at radius 2 is 1.77 bits per heavy atom. The quantitative estimate of drug-likeness (QED) is 0.600. The van der Waals surface area contributed by atoms with E-state index in [9.17, 15) is 9.59 Å². The Morgan fingerprint density at radius 3 is 2.43 bits per heavy atom. The molecule has 0 fully saturated rings. The minimum atomic E-state index is -0.289. The van der Waals surface area contributed by atoms with Crippen LogP contribution in [0.1, 0.15) is 21.7 Å². The topological polar surface area (TPSA) is 81.6 Å². The lowest BCUT2D eigenvalue weighted by Gasteiger charge is -2.10. The molecule has 0 unspecified atom stereocenters. The highest BCUT2D eigenvalue weighted by Crippen LogP contribution is 2.17. The molecule has 0 atom stereocenters. The zero-order chi connectivity index (χ0) is 21.5. The smallest absolute Gasteiger partial charge is 0.262 e. The van der Waals surface area contributed by atoms with E-state index in [-0.39, 0.29) is 18.4 Å². The van der Waals surface area contributed by atoms with Gasteiger partial charge in [0.15, 0.2) is 6.61 Å². The summed E-state index contributed by atoms with van der Waals surface area (Å²) in [4.78, 5) is 24.4. The van der Waals surface area contributed by atoms with Crippen LogP contribution in [-0.2, 0) is 18.4 Å². The van der Waals surface area contributed by atoms with E-state index >= 15 is 0 Å². The number of aryl methyl sites for hydroxylation is 1. The van der Waals surface area contributed by atoms with Crippen molar-refractivity contribution in [3.63, 3.8) is 0 Å². The third kappa shape index (κ3) is 5.41. The Hall–Kier alpha value is -3.74. The first kappa shape index (κ1) is 21.0.